The van der Waals surface area contributed by atoms with Crippen molar-refractivity contribution in [1.82, 2.24) is 0 Å². The van der Waals surface area contributed by atoms with Crippen LogP contribution in [0.5, 0.6) is 0 Å². The quantitative estimate of drug-likeness (QED) is 0.779. The standard InChI is InChI=1S/C15H15NOS/c17-10-12-4-3-5-14(13-6-9-18-11-13)15(12)16-7-1-2-8-16/h3-6,9-11H,1-2,7-8H2. The van der Waals surface area contributed by atoms with Crippen molar-refractivity contribution in [1.29, 1.82) is 0 Å². The number of carbonyl (C=O) groups excluding carboxylic acids is 1. The molecule has 18 heavy (non-hydrogen) atoms. The third-order valence-electron chi connectivity index (χ3n) is 3.45. The molecule has 3 rings (SSSR count). The number of anilines is 1. The van der Waals surface area contributed by atoms with Crippen LogP contribution in [-0.4, -0.2) is 19.4 Å². The van der Waals surface area contributed by atoms with E-state index in [-0.39, 0.29) is 0 Å². The van der Waals surface area contributed by atoms with Crippen LogP contribution in [-0.2, 0) is 0 Å². The molecule has 0 aliphatic carbocycles. The highest BCUT2D eigenvalue weighted by Crippen LogP contribution is 2.36. The van der Waals surface area contributed by atoms with Gasteiger partial charge in [0.05, 0.1) is 5.69 Å². The molecule has 1 aliphatic heterocycles. The lowest BCUT2D eigenvalue weighted by Gasteiger charge is -2.23. The van der Waals surface area contributed by atoms with Crippen LogP contribution >= 0.6 is 11.3 Å². The summed E-state index contributed by atoms with van der Waals surface area (Å²) in [6, 6.07) is 8.11. The van der Waals surface area contributed by atoms with Crippen LogP contribution in [0.1, 0.15) is 23.2 Å². The summed E-state index contributed by atoms with van der Waals surface area (Å²) in [6.45, 7) is 2.12. The predicted octanol–water partition coefficient (Wildman–Crippen LogP) is 3.83. The van der Waals surface area contributed by atoms with Crippen molar-refractivity contribution in [3.8, 4) is 11.1 Å². The van der Waals surface area contributed by atoms with Gasteiger partial charge in [-0.1, -0.05) is 12.1 Å². The van der Waals surface area contributed by atoms with E-state index >= 15 is 0 Å². The van der Waals surface area contributed by atoms with Gasteiger partial charge in [-0.05, 0) is 41.3 Å². The van der Waals surface area contributed by atoms with E-state index < -0.39 is 0 Å². The smallest absolute Gasteiger partial charge is 0.152 e. The van der Waals surface area contributed by atoms with Crippen LogP contribution < -0.4 is 4.90 Å². The molecule has 0 unspecified atom stereocenters. The van der Waals surface area contributed by atoms with E-state index in [0.717, 1.165) is 30.6 Å². The van der Waals surface area contributed by atoms with Gasteiger partial charge in [0.15, 0.2) is 6.29 Å². The Kier molecular flexibility index (Phi) is 3.15. The van der Waals surface area contributed by atoms with Crippen molar-refractivity contribution in [2.45, 2.75) is 12.8 Å². The Morgan fingerprint density at radius 2 is 2.00 bits per heavy atom. The summed E-state index contributed by atoms with van der Waals surface area (Å²) >= 11 is 1.69. The molecule has 1 fully saturated rings. The fourth-order valence-electron chi connectivity index (χ4n) is 2.60. The van der Waals surface area contributed by atoms with Crippen molar-refractivity contribution < 1.29 is 4.79 Å². The SMILES string of the molecule is O=Cc1cccc(-c2ccsc2)c1N1CCCC1. The normalized spacial score (nSPS) is 15.0. The van der Waals surface area contributed by atoms with Gasteiger partial charge in [0, 0.05) is 24.2 Å². The van der Waals surface area contributed by atoms with Crippen molar-refractivity contribution in [2.75, 3.05) is 18.0 Å². The zero-order valence-electron chi connectivity index (χ0n) is 10.1. The first kappa shape index (κ1) is 11.5. The third kappa shape index (κ3) is 1.95. The third-order valence-corrected chi connectivity index (χ3v) is 4.13. The largest absolute Gasteiger partial charge is 0.370 e. The molecule has 1 aliphatic rings. The summed E-state index contributed by atoms with van der Waals surface area (Å²) in [5, 5.41) is 4.22. The van der Waals surface area contributed by atoms with Gasteiger partial charge in [-0.25, -0.2) is 0 Å². The predicted molar refractivity (Wildman–Crippen MR) is 76.6 cm³/mol. The minimum Gasteiger partial charge on any atom is -0.370 e. The summed E-state index contributed by atoms with van der Waals surface area (Å²) in [5.41, 5.74) is 4.32. The molecule has 0 saturated carbocycles. The monoisotopic (exact) mass is 257 g/mol. The minimum atomic E-state index is 0.806. The number of carbonyl (C=O) groups is 1. The second-order valence-electron chi connectivity index (χ2n) is 4.57. The lowest BCUT2D eigenvalue weighted by Crippen LogP contribution is -2.20. The van der Waals surface area contributed by atoms with Crippen LogP contribution in [0, 0.1) is 0 Å². The molecule has 2 heterocycles. The van der Waals surface area contributed by atoms with Gasteiger partial charge in [0.2, 0.25) is 0 Å². The number of hydrogen-bond donors (Lipinski definition) is 0. The average molecular weight is 257 g/mol. The van der Waals surface area contributed by atoms with E-state index in [0.29, 0.717) is 0 Å². The maximum Gasteiger partial charge on any atom is 0.152 e. The molecule has 92 valence electrons. The van der Waals surface area contributed by atoms with Crippen LogP contribution in [0.15, 0.2) is 35.0 Å². The number of hydrogen-bond acceptors (Lipinski definition) is 3. The Hall–Kier alpha value is -1.61. The van der Waals surface area contributed by atoms with Gasteiger partial charge >= 0.3 is 0 Å². The van der Waals surface area contributed by atoms with Gasteiger partial charge in [0.1, 0.15) is 0 Å². The van der Waals surface area contributed by atoms with E-state index in [9.17, 15) is 4.79 Å². The Morgan fingerprint density at radius 1 is 1.17 bits per heavy atom. The Bertz CT molecular complexity index is 542. The number of thiophene rings is 1. The maximum atomic E-state index is 11.3. The molecule has 0 spiro atoms. The molecule has 0 radical (unpaired) electrons. The molecule has 1 aromatic carbocycles. The molecule has 0 bridgehead atoms. The maximum absolute atomic E-state index is 11.3. The van der Waals surface area contributed by atoms with E-state index in [2.05, 4.69) is 27.8 Å². The molecule has 1 aromatic heterocycles. The van der Waals surface area contributed by atoms with Crippen molar-refractivity contribution in [3.63, 3.8) is 0 Å². The minimum absolute atomic E-state index is 0.806. The summed E-state index contributed by atoms with van der Waals surface area (Å²) in [7, 11) is 0. The highest BCUT2D eigenvalue weighted by Gasteiger charge is 2.19. The topological polar surface area (TPSA) is 20.3 Å². The van der Waals surface area contributed by atoms with Crippen LogP contribution in [0.4, 0.5) is 5.69 Å². The summed E-state index contributed by atoms with van der Waals surface area (Å²) < 4.78 is 0. The molecule has 0 atom stereocenters. The van der Waals surface area contributed by atoms with Gasteiger partial charge in [-0.3, -0.25) is 4.79 Å². The number of aldehydes is 1. The van der Waals surface area contributed by atoms with Crippen molar-refractivity contribution in [2.24, 2.45) is 0 Å². The highest BCUT2D eigenvalue weighted by atomic mass is 32.1. The first-order chi connectivity index (χ1) is 8.90. The number of para-hydroxylation sites is 1. The van der Waals surface area contributed by atoms with Crippen molar-refractivity contribution >= 4 is 23.3 Å². The lowest BCUT2D eigenvalue weighted by molar-refractivity contribution is 0.112. The summed E-state index contributed by atoms with van der Waals surface area (Å²) in [6.07, 6.45) is 3.41. The molecule has 1 saturated heterocycles. The van der Waals surface area contributed by atoms with E-state index in [1.165, 1.54) is 24.0 Å². The molecule has 2 nitrogen and oxygen atoms in total. The zero-order valence-corrected chi connectivity index (χ0v) is 11.0. The van der Waals surface area contributed by atoms with Gasteiger partial charge < -0.3 is 4.90 Å². The fourth-order valence-corrected chi connectivity index (χ4v) is 3.26. The fraction of sp³-hybridized carbons (Fsp3) is 0.267. The molecule has 0 amide bonds. The van der Waals surface area contributed by atoms with E-state index in [4.69, 9.17) is 0 Å². The van der Waals surface area contributed by atoms with Crippen LogP contribution in [0.25, 0.3) is 11.1 Å². The van der Waals surface area contributed by atoms with Gasteiger partial charge in [-0.2, -0.15) is 11.3 Å². The molecule has 3 heteroatoms. The number of benzene rings is 1. The highest BCUT2D eigenvalue weighted by molar-refractivity contribution is 7.08. The van der Waals surface area contributed by atoms with Gasteiger partial charge in [0.25, 0.3) is 0 Å². The Morgan fingerprint density at radius 3 is 2.67 bits per heavy atom. The summed E-state index contributed by atoms with van der Waals surface area (Å²) in [5.74, 6) is 0. The first-order valence-corrected chi connectivity index (χ1v) is 7.20. The zero-order chi connectivity index (χ0) is 12.4. The average Bonchev–Trinajstić information content (AvgIpc) is 3.10. The molecule has 2 aromatic rings. The number of rotatable bonds is 3. The van der Waals surface area contributed by atoms with Crippen LogP contribution in [0.3, 0.4) is 0 Å². The Labute approximate surface area is 111 Å². The van der Waals surface area contributed by atoms with Crippen molar-refractivity contribution in [3.05, 3.63) is 40.6 Å². The second-order valence-corrected chi connectivity index (χ2v) is 5.35. The van der Waals surface area contributed by atoms with Crippen LogP contribution in [0.2, 0.25) is 0 Å². The molecular weight excluding hydrogens is 242 g/mol. The molecular formula is C15H15NOS. The second kappa shape index (κ2) is 4.94. The molecule has 0 N–H and O–H groups in total. The summed E-state index contributed by atoms with van der Waals surface area (Å²) in [4.78, 5) is 13.6. The van der Waals surface area contributed by atoms with Gasteiger partial charge in [-0.15, -0.1) is 0 Å². The Balaban J connectivity index is 2.15. The van der Waals surface area contributed by atoms with E-state index in [1.54, 1.807) is 11.3 Å². The van der Waals surface area contributed by atoms with E-state index in [1.807, 2.05) is 12.1 Å². The lowest BCUT2D eigenvalue weighted by atomic mass is 10.0. The first-order valence-electron chi connectivity index (χ1n) is 6.26. The number of nitrogens with zero attached hydrogens (tertiary/aromatic N) is 1.